The number of hydrogen-bond donors (Lipinski definition) is 1. The van der Waals surface area contributed by atoms with E-state index in [0.717, 1.165) is 16.7 Å². The number of amides is 1. The third-order valence-corrected chi connectivity index (χ3v) is 6.73. The zero-order valence-corrected chi connectivity index (χ0v) is 20.3. The summed E-state index contributed by atoms with van der Waals surface area (Å²) in [6, 6.07) is 16.6. The Morgan fingerprint density at radius 2 is 1.92 bits per heavy atom. The van der Waals surface area contributed by atoms with Crippen LogP contribution in [-0.4, -0.2) is 47.3 Å². The van der Waals surface area contributed by atoms with Gasteiger partial charge in [0, 0.05) is 31.3 Å². The number of nitrogens with zero attached hydrogens (tertiary/aromatic N) is 2. The molecule has 2 aromatic carbocycles. The lowest BCUT2D eigenvalue weighted by molar-refractivity contribution is -0.0680. The first-order valence-electron chi connectivity index (χ1n) is 11.9. The maximum atomic E-state index is 13.5. The Labute approximate surface area is 209 Å². The van der Waals surface area contributed by atoms with Crippen molar-refractivity contribution in [3.05, 3.63) is 89.4 Å². The zero-order valence-electron chi connectivity index (χ0n) is 20.3. The Morgan fingerprint density at radius 1 is 1.19 bits per heavy atom. The van der Waals surface area contributed by atoms with Gasteiger partial charge in [0.05, 0.1) is 24.4 Å². The Morgan fingerprint density at radius 3 is 2.56 bits per heavy atom. The molecular formula is C28H29FN2O5. The number of hydrogen-bond acceptors (Lipinski definition) is 6. The summed E-state index contributed by atoms with van der Waals surface area (Å²) in [6.45, 7) is 2.34. The summed E-state index contributed by atoms with van der Waals surface area (Å²) in [5, 5.41) is 9.38. The number of pyridine rings is 1. The monoisotopic (exact) mass is 492 g/mol. The molecule has 0 aliphatic carbocycles. The van der Waals surface area contributed by atoms with Crippen LogP contribution in [0.2, 0.25) is 0 Å². The maximum absolute atomic E-state index is 13.5. The van der Waals surface area contributed by atoms with Crippen LogP contribution >= 0.6 is 0 Å². The van der Waals surface area contributed by atoms with E-state index in [1.807, 2.05) is 31.2 Å². The summed E-state index contributed by atoms with van der Waals surface area (Å²) in [7, 11) is 1.33. The van der Waals surface area contributed by atoms with E-state index < -0.39 is 17.7 Å². The fourth-order valence-corrected chi connectivity index (χ4v) is 4.67. The molecule has 36 heavy (non-hydrogen) atoms. The standard InChI is InChI=1S/C28H29FN2O5/c1-19(20-6-8-21(9-7-20)25-24(26(33)35-2)5-3-16-30-25)31-17-15-28(14-4-18-32,36-27(31)34)22-10-12-23(29)13-11-22/h3,5-13,16,19,32H,4,14-15,17-18H2,1-2H3/t19-,28+/m0/s1. The molecule has 3 aromatic rings. The second kappa shape index (κ2) is 10.9. The number of aliphatic hydroxyl groups excluding tert-OH is 1. The lowest BCUT2D eigenvalue weighted by Crippen LogP contribution is -2.48. The van der Waals surface area contributed by atoms with Crippen LogP contribution in [0.3, 0.4) is 0 Å². The van der Waals surface area contributed by atoms with E-state index in [1.165, 1.54) is 19.2 Å². The fraction of sp³-hybridized carbons (Fsp3) is 0.321. The number of aliphatic hydroxyl groups is 1. The van der Waals surface area contributed by atoms with Crippen molar-refractivity contribution in [1.82, 2.24) is 9.88 Å². The third kappa shape index (κ3) is 5.09. The summed E-state index contributed by atoms with van der Waals surface area (Å²) in [6.07, 6.45) is 2.58. The van der Waals surface area contributed by atoms with Crippen LogP contribution in [0.25, 0.3) is 11.3 Å². The van der Waals surface area contributed by atoms with Gasteiger partial charge in [-0.05, 0) is 55.2 Å². The van der Waals surface area contributed by atoms with Gasteiger partial charge in [-0.1, -0.05) is 36.4 Å². The van der Waals surface area contributed by atoms with E-state index in [4.69, 9.17) is 9.47 Å². The van der Waals surface area contributed by atoms with Crippen LogP contribution in [0.15, 0.2) is 66.9 Å². The molecule has 2 atom stereocenters. The van der Waals surface area contributed by atoms with Crippen LogP contribution < -0.4 is 0 Å². The molecule has 1 saturated heterocycles. The number of rotatable bonds is 8. The molecule has 1 aliphatic heterocycles. The van der Waals surface area contributed by atoms with Gasteiger partial charge in [0.15, 0.2) is 0 Å². The van der Waals surface area contributed by atoms with Gasteiger partial charge in [-0.25, -0.2) is 14.0 Å². The second-order valence-electron chi connectivity index (χ2n) is 8.83. The molecule has 7 nitrogen and oxygen atoms in total. The molecule has 1 fully saturated rings. The molecule has 0 spiro atoms. The van der Waals surface area contributed by atoms with Crippen LogP contribution in [0.4, 0.5) is 9.18 Å². The predicted octanol–water partition coefficient (Wildman–Crippen LogP) is 5.25. The number of halogens is 1. The minimum atomic E-state index is -0.906. The van der Waals surface area contributed by atoms with Crippen molar-refractivity contribution in [1.29, 1.82) is 0 Å². The summed E-state index contributed by atoms with van der Waals surface area (Å²) in [5.74, 6) is -0.821. The molecule has 1 N–H and O–H groups in total. The molecule has 2 heterocycles. The average Bonchev–Trinajstić information content (AvgIpc) is 2.91. The number of methoxy groups -OCH3 is 1. The highest BCUT2D eigenvalue weighted by molar-refractivity contribution is 5.96. The molecule has 4 rings (SSSR count). The van der Waals surface area contributed by atoms with Gasteiger partial charge in [-0.15, -0.1) is 0 Å². The number of carbonyl (C=O) groups is 2. The quantitative estimate of drug-likeness (QED) is 0.433. The van der Waals surface area contributed by atoms with Crippen molar-refractivity contribution in [2.45, 2.75) is 37.8 Å². The summed E-state index contributed by atoms with van der Waals surface area (Å²) >= 11 is 0. The lowest BCUT2D eigenvalue weighted by Gasteiger charge is -2.43. The minimum absolute atomic E-state index is 0.0269. The summed E-state index contributed by atoms with van der Waals surface area (Å²) in [5.41, 5.74) is 2.37. The number of ether oxygens (including phenoxy) is 2. The van der Waals surface area contributed by atoms with Gasteiger partial charge in [0.2, 0.25) is 0 Å². The summed E-state index contributed by atoms with van der Waals surface area (Å²) < 4.78 is 24.4. The fourth-order valence-electron chi connectivity index (χ4n) is 4.67. The van der Waals surface area contributed by atoms with E-state index in [-0.39, 0.29) is 18.5 Å². The molecule has 0 radical (unpaired) electrons. The van der Waals surface area contributed by atoms with Crippen molar-refractivity contribution in [2.24, 2.45) is 0 Å². The Kier molecular flexibility index (Phi) is 7.64. The molecule has 8 heteroatoms. The van der Waals surface area contributed by atoms with E-state index >= 15 is 0 Å². The first-order valence-corrected chi connectivity index (χ1v) is 11.9. The first kappa shape index (κ1) is 25.3. The molecule has 0 unspecified atom stereocenters. The van der Waals surface area contributed by atoms with Gasteiger partial charge in [0.25, 0.3) is 0 Å². The van der Waals surface area contributed by atoms with Crippen molar-refractivity contribution >= 4 is 12.1 Å². The van der Waals surface area contributed by atoms with Crippen LogP contribution in [0.5, 0.6) is 0 Å². The first-order chi connectivity index (χ1) is 17.4. The SMILES string of the molecule is COC(=O)c1cccnc1-c1ccc([C@H](C)N2CC[C@](CCCO)(c3ccc(F)cc3)OC2=O)cc1. The number of aromatic nitrogens is 1. The van der Waals surface area contributed by atoms with Crippen LogP contribution in [0, 0.1) is 5.82 Å². The highest BCUT2D eigenvalue weighted by atomic mass is 19.1. The van der Waals surface area contributed by atoms with Gasteiger partial charge in [-0.3, -0.25) is 4.98 Å². The number of carbonyl (C=O) groups excluding carboxylic acids is 2. The van der Waals surface area contributed by atoms with Crippen LogP contribution in [0.1, 0.15) is 53.7 Å². The molecular weight excluding hydrogens is 463 g/mol. The highest BCUT2D eigenvalue weighted by Gasteiger charge is 2.43. The van der Waals surface area contributed by atoms with E-state index in [9.17, 15) is 19.1 Å². The van der Waals surface area contributed by atoms with Gasteiger partial charge in [0.1, 0.15) is 11.4 Å². The Hall–Kier alpha value is -3.78. The second-order valence-corrected chi connectivity index (χ2v) is 8.83. The van der Waals surface area contributed by atoms with Gasteiger partial charge < -0.3 is 19.5 Å². The Balaban J connectivity index is 1.53. The molecule has 1 aromatic heterocycles. The third-order valence-electron chi connectivity index (χ3n) is 6.73. The lowest BCUT2D eigenvalue weighted by atomic mass is 9.84. The molecule has 0 saturated carbocycles. The van der Waals surface area contributed by atoms with Gasteiger partial charge in [-0.2, -0.15) is 0 Å². The predicted molar refractivity (Wildman–Crippen MR) is 132 cm³/mol. The maximum Gasteiger partial charge on any atom is 0.411 e. The minimum Gasteiger partial charge on any atom is -0.465 e. The van der Waals surface area contributed by atoms with E-state index in [0.29, 0.717) is 37.1 Å². The molecule has 188 valence electrons. The molecule has 0 bridgehead atoms. The molecule has 1 aliphatic rings. The number of esters is 1. The molecule has 1 amide bonds. The average molecular weight is 493 g/mol. The Bertz CT molecular complexity index is 1220. The van der Waals surface area contributed by atoms with E-state index in [1.54, 1.807) is 35.4 Å². The van der Waals surface area contributed by atoms with Crippen molar-refractivity contribution in [2.75, 3.05) is 20.3 Å². The highest BCUT2D eigenvalue weighted by Crippen LogP contribution is 2.40. The van der Waals surface area contributed by atoms with E-state index in [2.05, 4.69) is 4.98 Å². The largest absolute Gasteiger partial charge is 0.465 e. The number of benzene rings is 2. The smallest absolute Gasteiger partial charge is 0.411 e. The van der Waals surface area contributed by atoms with Crippen molar-refractivity contribution < 1.29 is 28.6 Å². The van der Waals surface area contributed by atoms with Crippen LogP contribution in [-0.2, 0) is 15.1 Å². The van der Waals surface area contributed by atoms with Crippen molar-refractivity contribution in [3.8, 4) is 11.3 Å². The van der Waals surface area contributed by atoms with Crippen molar-refractivity contribution in [3.63, 3.8) is 0 Å². The summed E-state index contributed by atoms with van der Waals surface area (Å²) in [4.78, 5) is 31.3. The normalized spacial score (nSPS) is 18.4. The topological polar surface area (TPSA) is 89.0 Å². The van der Waals surface area contributed by atoms with Gasteiger partial charge >= 0.3 is 12.1 Å². The zero-order chi connectivity index (χ0) is 25.7. The number of cyclic esters (lactones) is 1.